The largest absolute Gasteiger partial charge is 0.468 e. The number of hydrogen-bond acceptors (Lipinski definition) is 3. The molecule has 0 bridgehead atoms. The number of aryl methyl sites for hydroxylation is 1. The molecule has 0 amide bonds. The molecule has 0 aliphatic carbocycles. The average Bonchev–Trinajstić information content (AvgIpc) is 2.46. The van der Waals surface area contributed by atoms with E-state index in [1.807, 2.05) is 20.8 Å². The van der Waals surface area contributed by atoms with Crippen molar-refractivity contribution in [3.63, 3.8) is 0 Å². The Morgan fingerprint density at radius 2 is 2.15 bits per heavy atom. The van der Waals surface area contributed by atoms with Crippen LogP contribution in [0.4, 0.5) is 0 Å². The van der Waals surface area contributed by atoms with Crippen molar-refractivity contribution in [2.45, 2.75) is 26.7 Å². The highest BCUT2D eigenvalue weighted by Gasteiger charge is 2.20. The molecule has 1 aromatic heterocycles. The van der Waals surface area contributed by atoms with E-state index in [1.54, 1.807) is 6.26 Å². The second-order valence-electron chi connectivity index (χ2n) is 3.30. The molecule has 0 saturated carbocycles. The van der Waals surface area contributed by atoms with Crippen molar-refractivity contribution >= 4 is 5.97 Å². The van der Waals surface area contributed by atoms with E-state index in [0.717, 1.165) is 5.56 Å². The van der Waals surface area contributed by atoms with Crippen molar-refractivity contribution in [1.82, 2.24) is 0 Å². The van der Waals surface area contributed by atoms with Crippen LogP contribution in [0.1, 0.15) is 41.4 Å². The number of furan rings is 1. The summed E-state index contributed by atoms with van der Waals surface area (Å²) in [5, 5.41) is 0. The summed E-state index contributed by atoms with van der Waals surface area (Å²) >= 11 is 0. The molecule has 0 fully saturated rings. The van der Waals surface area contributed by atoms with Crippen LogP contribution in [-0.2, 0) is 4.74 Å². The molecule has 0 atom stereocenters. The van der Waals surface area contributed by atoms with Gasteiger partial charge in [0, 0.05) is 11.5 Å². The predicted octanol–water partition coefficient (Wildman–Crippen LogP) is 2.50. The average molecular weight is 182 g/mol. The lowest BCUT2D eigenvalue weighted by molar-refractivity contribution is 0.0597. The van der Waals surface area contributed by atoms with Crippen molar-refractivity contribution in [3.05, 3.63) is 23.2 Å². The summed E-state index contributed by atoms with van der Waals surface area (Å²) in [7, 11) is 1.37. The molecule has 1 rings (SSSR count). The zero-order chi connectivity index (χ0) is 10.0. The Balaban J connectivity index is 3.16. The maximum atomic E-state index is 11.3. The van der Waals surface area contributed by atoms with Gasteiger partial charge in [0.1, 0.15) is 11.3 Å². The van der Waals surface area contributed by atoms with Crippen LogP contribution >= 0.6 is 0 Å². The van der Waals surface area contributed by atoms with E-state index in [4.69, 9.17) is 4.42 Å². The second kappa shape index (κ2) is 3.64. The van der Waals surface area contributed by atoms with E-state index in [2.05, 4.69) is 4.74 Å². The molecule has 3 heteroatoms. The van der Waals surface area contributed by atoms with Crippen LogP contribution in [0, 0.1) is 6.92 Å². The minimum atomic E-state index is -0.324. The zero-order valence-corrected chi connectivity index (χ0v) is 8.38. The van der Waals surface area contributed by atoms with Gasteiger partial charge >= 0.3 is 5.97 Å². The molecule has 1 aromatic rings. The Morgan fingerprint density at radius 1 is 1.54 bits per heavy atom. The van der Waals surface area contributed by atoms with Gasteiger partial charge in [-0.2, -0.15) is 0 Å². The van der Waals surface area contributed by atoms with Crippen LogP contribution < -0.4 is 0 Å². The van der Waals surface area contributed by atoms with Crippen molar-refractivity contribution in [2.24, 2.45) is 0 Å². The van der Waals surface area contributed by atoms with Gasteiger partial charge < -0.3 is 9.15 Å². The van der Waals surface area contributed by atoms with Gasteiger partial charge in [-0.1, -0.05) is 13.8 Å². The molecule has 0 radical (unpaired) electrons. The van der Waals surface area contributed by atoms with E-state index in [-0.39, 0.29) is 11.9 Å². The molecule has 13 heavy (non-hydrogen) atoms. The molecule has 0 aliphatic rings. The standard InChI is InChI=1S/C10H14O3/c1-6(2)9-8(10(11)12-4)7(3)5-13-9/h5-6H,1-4H3. The van der Waals surface area contributed by atoms with E-state index in [1.165, 1.54) is 7.11 Å². The van der Waals surface area contributed by atoms with Gasteiger partial charge in [-0.15, -0.1) is 0 Å². The van der Waals surface area contributed by atoms with E-state index >= 15 is 0 Å². The van der Waals surface area contributed by atoms with Gasteiger partial charge in [-0.05, 0) is 6.92 Å². The first-order valence-electron chi connectivity index (χ1n) is 4.24. The number of carbonyl (C=O) groups excluding carboxylic acids is 1. The quantitative estimate of drug-likeness (QED) is 0.659. The molecule has 0 N–H and O–H groups in total. The van der Waals surface area contributed by atoms with Gasteiger partial charge in [0.25, 0.3) is 0 Å². The molecule has 3 nitrogen and oxygen atoms in total. The maximum absolute atomic E-state index is 11.3. The van der Waals surface area contributed by atoms with Gasteiger partial charge in [0.05, 0.1) is 13.4 Å². The highest BCUT2D eigenvalue weighted by Crippen LogP contribution is 2.24. The molecule has 72 valence electrons. The Kier molecular flexibility index (Phi) is 2.76. The summed E-state index contributed by atoms with van der Waals surface area (Å²) in [6.07, 6.45) is 1.58. The summed E-state index contributed by atoms with van der Waals surface area (Å²) in [4.78, 5) is 11.3. The zero-order valence-electron chi connectivity index (χ0n) is 8.38. The smallest absolute Gasteiger partial charge is 0.341 e. The van der Waals surface area contributed by atoms with Crippen LogP contribution in [0.25, 0.3) is 0 Å². The summed E-state index contributed by atoms with van der Waals surface area (Å²) < 4.78 is 9.95. The number of carbonyl (C=O) groups is 1. The number of ether oxygens (including phenoxy) is 1. The fraction of sp³-hybridized carbons (Fsp3) is 0.500. The normalized spacial score (nSPS) is 10.5. The Morgan fingerprint density at radius 3 is 2.62 bits per heavy atom. The van der Waals surface area contributed by atoms with Gasteiger partial charge in [0.15, 0.2) is 0 Å². The third-order valence-corrected chi connectivity index (χ3v) is 1.92. The lowest BCUT2D eigenvalue weighted by Gasteiger charge is -2.04. The minimum Gasteiger partial charge on any atom is -0.468 e. The van der Waals surface area contributed by atoms with E-state index in [9.17, 15) is 4.79 Å². The molecule has 0 unspecified atom stereocenters. The van der Waals surface area contributed by atoms with Crippen LogP contribution in [-0.4, -0.2) is 13.1 Å². The van der Waals surface area contributed by atoms with Crippen molar-refractivity contribution in [3.8, 4) is 0 Å². The predicted molar refractivity (Wildman–Crippen MR) is 48.9 cm³/mol. The monoisotopic (exact) mass is 182 g/mol. The van der Waals surface area contributed by atoms with Crippen LogP contribution in [0.3, 0.4) is 0 Å². The van der Waals surface area contributed by atoms with E-state index < -0.39 is 0 Å². The highest BCUT2D eigenvalue weighted by atomic mass is 16.5. The third-order valence-electron chi connectivity index (χ3n) is 1.92. The summed E-state index contributed by atoms with van der Waals surface area (Å²) in [6, 6.07) is 0. The SMILES string of the molecule is COC(=O)c1c(C)coc1C(C)C. The first-order chi connectivity index (χ1) is 6.07. The summed E-state index contributed by atoms with van der Waals surface area (Å²) in [5.74, 6) is 0.571. The van der Waals surface area contributed by atoms with Gasteiger partial charge in [0.2, 0.25) is 0 Å². The van der Waals surface area contributed by atoms with Crippen LogP contribution in [0.15, 0.2) is 10.7 Å². The molecular weight excluding hydrogens is 168 g/mol. The molecule has 0 aromatic carbocycles. The first-order valence-corrected chi connectivity index (χ1v) is 4.24. The van der Waals surface area contributed by atoms with E-state index in [0.29, 0.717) is 11.3 Å². The van der Waals surface area contributed by atoms with Crippen molar-refractivity contribution < 1.29 is 13.9 Å². The van der Waals surface area contributed by atoms with Crippen LogP contribution in [0.5, 0.6) is 0 Å². The van der Waals surface area contributed by atoms with Crippen LogP contribution in [0.2, 0.25) is 0 Å². The molecule has 0 spiro atoms. The van der Waals surface area contributed by atoms with Gasteiger partial charge in [-0.25, -0.2) is 4.79 Å². The Bertz CT molecular complexity index is 310. The van der Waals surface area contributed by atoms with Crippen molar-refractivity contribution in [2.75, 3.05) is 7.11 Å². The van der Waals surface area contributed by atoms with Gasteiger partial charge in [-0.3, -0.25) is 0 Å². The first kappa shape index (κ1) is 9.84. The summed E-state index contributed by atoms with van der Waals surface area (Å²) in [6.45, 7) is 5.79. The topological polar surface area (TPSA) is 39.4 Å². The van der Waals surface area contributed by atoms with Crippen molar-refractivity contribution in [1.29, 1.82) is 0 Å². The Labute approximate surface area is 77.7 Å². The number of rotatable bonds is 2. The number of hydrogen-bond donors (Lipinski definition) is 0. The molecule has 1 heterocycles. The highest BCUT2D eigenvalue weighted by molar-refractivity contribution is 5.92. The summed E-state index contributed by atoms with van der Waals surface area (Å²) in [5.41, 5.74) is 1.40. The lowest BCUT2D eigenvalue weighted by atomic mass is 10.0. The molecular formula is C10H14O3. The maximum Gasteiger partial charge on any atom is 0.341 e. The number of esters is 1. The molecule has 0 saturated heterocycles. The fourth-order valence-corrected chi connectivity index (χ4v) is 1.25. The molecule has 0 aliphatic heterocycles. The second-order valence-corrected chi connectivity index (χ2v) is 3.30. The Hall–Kier alpha value is -1.25. The lowest BCUT2D eigenvalue weighted by Crippen LogP contribution is -2.05. The fourth-order valence-electron chi connectivity index (χ4n) is 1.25. The third kappa shape index (κ3) is 1.74. The number of methoxy groups -OCH3 is 1. The minimum absolute atomic E-state index is 0.197.